The Balaban J connectivity index is 2.23. The molecule has 0 saturated heterocycles. The number of aromatic nitrogens is 1. The lowest BCUT2D eigenvalue weighted by Gasteiger charge is -2.37. The van der Waals surface area contributed by atoms with Crippen molar-refractivity contribution in [3.05, 3.63) is 90.1 Å². The summed E-state index contributed by atoms with van der Waals surface area (Å²) in [5.74, 6) is -3.19. The second kappa shape index (κ2) is 23.2. The summed E-state index contributed by atoms with van der Waals surface area (Å²) in [5.41, 5.74) is 3.89. The van der Waals surface area contributed by atoms with Crippen LogP contribution < -0.4 is 21.4 Å². The zero-order valence-electron chi connectivity index (χ0n) is 39.9. The van der Waals surface area contributed by atoms with Gasteiger partial charge in [0.2, 0.25) is 5.91 Å². The lowest BCUT2D eigenvalue weighted by molar-refractivity contribution is -0.157. The maximum atomic E-state index is 14.5. The van der Waals surface area contributed by atoms with Gasteiger partial charge < -0.3 is 35.0 Å². The highest BCUT2D eigenvalue weighted by atomic mass is 16.6. The van der Waals surface area contributed by atoms with Crippen LogP contribution >= 0.6 is 0 Å². The Bertz CT molecular complexity index is 2010. The Morgan fingerprint density at radius 3 is 1.86 bits per heavy atom. The van der Waals surface area contributed by atoms with Gasteiger partial charge in [-0.05, 0) is 74.1 Å². The lowest BCUT2D eigenvalue weighted by Crippen LogP contribution is -2.60. The van der Waals surface area contributed by atoms with Gasteiger partial charge in [-0.1, -0.05) is 116 Å². The van der Waals surface area contributed by atoms with Crippen molar-refractivity contribution in [1.82, 2.24) is 31.4 Å². The number of Topliss-reactive ketones (excluding diaryl/α,β-unsaturated/α-hetero) is 1. The summed E-state index contributed by atoms with van der Waals surface area (Å²) in [6.45, 7) is 20.9. The maximum Gasteiger partial charge on any atom is 0.408 e. The predicted molar refractivity (Wildman–Crippen MR) is 245 cm³/mol. The van der Waals surface area contributed by atoms with Crippen LogP contribution in [0.1, 0.15) is 101 Å². The average molecular weight is 887 g/mol. The molecule has 0 saturated carbocycles. The van der Waals surface area contributed by atoms with Crippen molar-refractivity contribution in [3.63, 3.8) is 0 Å². The van der Waals surface area contributed by atoms with Gasteiger partial charge in [-0.25, -0.2) is 19.4 Å². The van der Waals surface area contributed by atoms with Gasteiger partial charge in [0.05, 0.1) is 25.4 Å². The minimum Gasteiger partial charge on any atom is -0.457 e. The zero-order chi connectivity index (χ0) is 48.0. The number of carbonyl (C=O) groups excluding carboxylic acids is 6. The summed E-state index contributed by atoms with van der Waals surface area (Å²) in [5, 5.41) is 10.0. The minimum atomic E-state index is -1.20. The Labute approximate surface area is 379 Å². The van der Waals surface area contributed by atoms with Crippen LogP contribution in [-0.2, 0) is 46.4 Å². The van der Waals surface area contributed by atoms with Gasteiger partial charge in [-0.3, -0.25) is 20.0 Å². The fraction of sp³-hybridized carbons (Fsp3) is 0.531. The van der Waals surface area contributed by atoms with E-state index in [1.807, 2.05) is 93.6 Å². The molecule has 2 unspecified atom stereocenters. The highest BCUT2D eigenvalue weighted by Gasteiger charge is 2.40. The van der Waals surface area contributed by atoms with Crippen molar-refractivity contribution in [3.8, 4) is 11.3 Å². The first-order valence-corrected chi connectivity index (χ1v) is 21.7. The van der Waals surface area contributed by atoms with Gasteiger partial charge in [-0.15, -0.1) is 0 Å². The number of nitrogens with zero attached hydrogens (tertiary/aromatic N) is 2. The topological polar surface area (TPSA) is 194 Å². The molecule has 1 aromatic heterocycles. The smallest absolute Gasteiger partial charge is 0.408 e. The molecule has 15 heteroatoms. The third kappa shape index (κ3) is 17.4. The van der Waals surface area contributed by atoms with E-state index in [-0.39, 0.29) is 31.7 Å². The van der Waals surface area contributed by atoms with Crippen LogP contribution in [0.15, 0.2) is 79.0 Å². The normalized spacial score (nSPS) is 14.3. The molecule has 3 aromatic rings. The van der Waals surface area contributed by atoms with E-state index in [1.165, 1.54) is 14.0 Å². The summed E-state index contributed by atoms with van der Waals surface area (Å²) in [6, 6.07) is 19.3. The quantitative estimate of drug-likeness (QED) is 0.0541. The SMILES string of the molecule is COC(=O)N[C@@H](C(=O)NN(Cc1ccc(-c2ccccn2)cc1)C[C@H](OC(=O)C(NC(=O)OC(C)(C)C)C(C)C)C(Cc1ccccc1)NC(=O)[C@H](CC(C)=O)C(C)(C)C)C(C)(C)C. The highest BCUT2D eigenvalue weighted by Crippen LogP contribution is 2.30. The second-order valence-corrected chi connectivity index (χ2v) is 19.7. The number of hydrogen-bond acceptors (Lipinski definition) is 11. The fourth-order valence-corrected chi connectivity index (χ4v) is 6.88. The van der Waals surface area contributed by atoms with E-state index in [0.29, 0.717) is 0 Å². The number of methoxy groups -OCH3 is 1. The molecule has 5 atom stereocenters. The highest BCUT2D eigenvalue weighted by molar-refractivity contribution is 5.87. The molecule has 350 valence electrons. The van der Waals surface area contributed by atoms with Crippen LogP contribution in [0.25, 0.3) is 11.3 Å². The van der Waals surface area contributed by atoms with Gasteiger partial charge in [-0.2, -0.15) is 0 Å². The Morgan fingerprint density at radius 1 is 0.719 bits per heavy atom. The van der Waals surface area contributed by atoms with E-state index in [0.717, 1.165) is 22.4 Å². The summed E-state index contributed by atoms with van der Waals surface area (Å²) in [7, 11) is 1.21. The van der Waals surface area contributed by atoms with Gasteiger partial charge in [0.25, 0.3) is 5.91 Å². The van der Waals surface area contributed by atoms with E-state index in [9.17, 15) is 28.8 Å². The molecule has 3 rings (SSSR count). The first-order chi connectivity index (χ1) is 29.8. The van der Waals surface area contributed by atoms with Crippen LogP contribution in [0.4, 0.5) is 9.59 Å². The second-order valence-electron chi connectivity index (χ2n) is 19.7. The maximum absolute atomic E-state index is 14.5. The number of pyridine rings is 1. The van der Waals surface area contributed by atoms with E-state index in [4.69, 9.17) is 14.2 Å². The van der Waals surface area contributed by atoms with Crippen LogP contribution in [-0.4, -0.2) is 89.2 Å². The zero-order valence-corrected chi connectivity index (χ0v) is 39.9. The van der Waals surface area contributed by atoms with Crippen LogP contribution in [0.5, 0.6) is 0 Å². The van der Waals surface area contributed by atoms with Crippen molar-refractivity contribution in [1.29, 1.82) is 0 Å². The summed E-state index contributed by atoms with van der Waals surface area (Å²) in [4.78, 5) is 85.9. The van der Waals surface area contributed by atoms with Gasteiger partial charge in [0, 0.05) is 30.6 Å². The summed E-state index contributed by atoms with van der Waals surface area (Å²) >= 11 is 0. The number of alkyl carbamates (subject to hydrolysis) is 2. The first kappa shape index (κ1) is 52.5. The number of esters is 1. The number of ketones is 1. The van der Waals surface area contributed by atoms with Crippen LogP contribution in [0.3, 0.4) is 0 Å². The molecule has 0 aliphatic heterocycles. The monoisotopic (exact) mass is 887 g/mol. The van der Waals surface area contributed by atoms with Crippen molar-refractivity contribution >= 4 is 35.8 Å². The molecule has 0 bridgehead atoms. The molecule has 15 nitrogen and oxygen atoms in total. The molecule has 4 amide bonds. The molecule has 0 radical (unpaired) electrons. The van der Waals surface area contributed by atoms with Gasteiger partial charge in [0.1, 0.15) is 29.6 Å². The molecule has 0 fully saturated rings. The molecular formula is C49H70N6O9. The van der Waals surface area contributed by atoms with E-state index < -0.39 is 82.5 Å². The predicted octanol–water partition coefficient (Wildman–Crippen LogP) is 7.18. The number of amides is 4. The number of benzene rings is 2. The first-order valence-electron chi connectivity index (χ1n) is 21.7. The van der Waals surface area contributed by atoms with Crippen molar-refractivity contribution in [2.75, 3.05) is 13.7 Å². The van der Waals surface area contributed by atoms with Crippen molar-refractivity contribution in [2.45, 2.75) is 132 Å². The third-order valence-corrected chi connectivity index (χ3v) is 10.3. The Hall–Kier alpha value is -5.83. The van der Waals surface area contributed by atoms with Crippen LogP contribution in [0.2, 0.25) is 0 Å². The molecule has 0 spiro atoms. The number of nitrogens with one attached hydrogen (secondary N) is 4. The minimum absolute atomic E-state index is 0.0227. The molecule has 64 heavy (non-hydrogen) atoms. The average Bonchev–Trinajstić information content (AvgIpc) is 3.19. The van der Waals surface area contributed by atoms with E-state index in [2.05, 4.69) is 26.4 Å². The van der Waals surface area contributed by atoms with E-state index >= 15 is 0 Å². The number of ether oxygens (including phenoxy) is 3. The number of hydrazine groups is 1. The molecular weight excluding hydrogens is 817 g/mol. The summed E-state index contributed by atoms with van der Waals surface area (Å²) in [6.07, 6.45) is -0.975. The molecule has 4 N–H and O–H groups in total. The Kier molecular flexibility index (Phi) is 19.0. The fourth-order valence-electron chi connectivity index (χ4n) is 6.88. The molecule has 0 aliphatic carbocycles. The number of rotatable bonds is 19. The molecule has 0 aliphatic rings. The van der Waals surface area contributed by atoms with Crippen molar-refractivity contribution < 1.29 is 43.0 Å². The third-order valence-electron chi connectivity index (χ3n) is 10.3. The number of carbonyl (C=O) groups is 6. The van der Waals surface area contributed by atoms with Crippen LogP contribution in [0, 0.1) is 22.7 Å². The molecule has 1 heterocycles. The largest absolute Gasteiger partial charge is 0.457 e. The lowest BCUT2D eigenvalue weighted by atomic mass is 9.77. The van der Waals surface area contributed by atoms with Gasteiger partial charge in [0.15, 0.2) is 0 Å². The number of hydrogen-bond donors (Lipinski definition) is 4. The standard InChI is InChI=1S/C49H70N6O9/c1-31(2)40(52-46(61)64-49(10,11)12)44(59)63-39(38(28-33-19-15-14-16-20-33)51-42(57)36(27-32(3)56)47(4,5)6)30-55(54-43(58)41(48(7,8)9)53-45(60)62-13)29-34-22-24-35(25-23-34)37-21-17-18-26-50-37/h14-26,31,36,38-41H,27-30H2,1-13H3,(H,51,57)(H,52,61)(H,53,60)(H,54,58)/t36-,38?,39-,40?,41-/m0/s1. The van der Waals surface area contributed by atoms with E-state index in [1.54, 1.807) is 66.6 Å². The van der Waals surface area contributed by atoms with Crippen molar-refractivity contribution in [2.24, 2.45) is 22.7 Å². The molecule has 2 aromatic carbocycles. The van der Waals surface area contributed by atoms with Gasteiger partial charge >= 0.3 is 18.2 Å². The summed E-state index contributed by atoms with van der Waals surface area (Å²) < 4.78 is 16.8. The Morgan fingerprint density at radius 2 is 1.34 bits per heavy atom.